The van der Waals surface area contributed by atoms with Crippen molar-refractivity contribution in [3.05, 3.63) is 16.9 Å². The van der Waals surface area contributed by atoms with E-state index in [4.69, 9.17) is 17.3 Å². The van der Waals surface area contributed by atoms with Gasteiger partial charge in [0.05, 0.1) is 23.5 Å². The van der Waals surface area contributed by atoms with Gasteiger partial charge < -0.3 is 5.73 Å². The first kappa shape index (κ1) is 9.55. The van der Waals surface area contributed by atoms with Crippen LogP contribution in [0.5, 0.6) is 0 Å². The van der Waals surface area contributed by atoms with Gasteiger partial charge in [-0.2, -0.15) is 5.10 Å². The topological polar surface area (TPSA) is 43.8 Å². The lowest BCUT2D eigenvalue weighted by molar-refractivity contribution is 0.589. The molecule has 68 valence electrons. The Morgan fingerprint density at radius 1 is 1.67 bits per heavy atom. The summed E-state index contributed by atoms with van der Waals surface area (Å²) in [4.78, 5) is 0. The van der Waals surface area contributed by atoms with E-state index in [2.05, 4.69) is 12.0 Å². The third-order valence-electron chi connectivity index (χ3n) is 1.73. The minimum Gasteiger partial charge on any atom is -0.329 e. The van der Waals surface area contributed by atoms with Crippen molar-refractivity contribution < 1.29 is 0 Å². The summed E-state index contributed by atoms with van der Waals surface area (Å²) in [6, 6.07) is 0. The molecule has 0 atom stereocenters. The molecule has 0 amide bonds. The highest BCUT2D eigenvalue weighted by atomic mass is 35.5. The molecule has 0 unspecified atom stereocenters. The van der Waals surface area contributed by atoms with Gasteiger partial charge in [-0.25, -0.2) is 0 Å². The highest BCUT2D eigenvalue weighted by molar-refractivity contribution is 6.31. The smallest absolute Gasteiger partial charge is 0.0817 e. The van der Waals surface area contributed by atoms with Gasteiger partial charge in [-0.1, -0.05) is 24.9 Å². The Balaban J connectivity index is 2.80. The highest BCUT2D eigenvalue weighted by Crippen LogP contribution is 2.16. The van der Waals surface area contributed by atoms with Crippen molar-refractivity contribution in [2.24, 2.45) is 5.73 Å². The lowest BCUT2D eigenvalue weighted by atomic mass is 10.2. The first-order chi connectivity index (χ1) is 5.79. The summed E-state index contributed by atoms with van der Waals surface area (Å²) >= 11 is 5.94. The molecule has 0 bridgehead atoms. The van der Waals surface area contributed by atoms with E-state index in [0.717, 1.165) is 30.1 Å². The molecule has 4 heteroatoms. The quantitative estimate of drug-likeness (QED) is 0.776. The van der Waals surface area contributed by atoms with Crippen molar-refractivity contribution in [2.45, 2.75) is 26.3 Å². The Morgan fingerprint density at radius 2 is 2.42 bits per heavy atom. The number of rotatable bonds is 4. The second-order valence-electron chi connectivity index (χ2n) is 2.70. The number of nitrogens with two attached hydrogens (primary N) is 1. The molecular weight excluding hydrogens is 174 g/mol. The van der Waals surface area contributed by atoms with Crippen LogP contribution in [-0.4, -0.2) is 16.3 Å². The fourth-order valence-corrected chi connectivity index (χ4v) is 1.42. The van der Waals surface area contributed by atoms with Crippen LogP contribution in [0.2, 0.25) is 5.02 Å². The third-order valence-corrected chi connectivity index (χ3v) is 2.04. The minimum atomic E-state index is 0.606. The molecular formula is C8H14ClN3. The summed E-state index contributed by atoms with van der Waals surface area (Å²) in [6.45, 7) is 3.48. The molecule has 12 heavy (non-hydrogen) atoms. The summed E-state index contributed by atoms with van der Waals surface area (Å²) in [5, 5.41) is 4.88. The number of aromatic nitrogens is 2. The zero-order chi connectivity index (χ0) is 8.97. The van der Waals surface area contributed by atoms with Crippen molar-refractivity contribution in [3.8, 4) is 0 Å². The summed E-state index contributed by atoms with van der Waals surface area (Å²) in [7, 11) is 0. The van der Waals surface area contributed by atoms with Crippen LogP contribution in [-0.2, 0) is 13.0 Å². The molecule has 0 spiro atoms. The molecule has 1 heterocycles. The van der Waals surface area contributed by atoms with Crippen LogP contribution in [0, 0.1) is 0 Å². The molecule has 0 aliphatic carbocycles. The Morgan fingerprint density at radius 3 is 3.00 bits per heavy atom. The Bertz CT molecular complexity index is 244. The molecule has 2 N–H and O–H groups in total. The molecule has 0 saturated carbocycles. The van der Waals surface area contributed by atoms with E-state index in [1.54, 1.807) is 6.20 Å². The molecule has 0 saturated heterocycles. The Hall–Kier alpha value is -0.540. The normalized spacial score (nSPS) is 10.6. The SMILES string of the molecule is CCCc1c(Cl)cnn1CCN. The standard InChI is InChI=1S/C8H14ClN3/c1-2-3-8-7(9)6-11-12(8)5-4-10/h6H,2-5,10H2,1H3. The lowest BCUT2D eigenvalue weighted by Crippen LogP contribution is -2.13. The van der Waals surface area contributed by atoms with Crippen LogP contribution in [0.3, 0.4) is 0 Å². The predicted molar refractivity (Wildman–Crippen MR) is 50.3 cm³/mol. The maximum Gasteiger partial charge on any atom is 0.0817 e. The van der Waals surface area contributed by atoms with Gasteiger partial charge in [0.1, 0.15) is 0 Å². The number of hydrogen-bond donors (Lipinski definition) is 1. The Labute approximate surface area is 77.5 Å². The van der Waals surface area contributed by atoms with Crippen LogP contribution in [0.25, 0.3) is 0 Å². The monoisotopic (exact) mass is 187 g/mol. The molecule has 3 nitrogen and oxygen atoms in total. The van der Waals surface area contributed by atoms with Crippen LogP contribution in [0.4, 0.5) is 0 Å². The van der Waals surface area contributed by atoms with Gasteiger partial charge in [0.15, 0.2) is 0 Å². The maximum atomic E-state index is 5.94. The van der Waals surface area contributed by atoms with Crippen molar-refractivity contribution in [3.63, 3.8) is 0 Å². The summed E-state index contributed by atoms with van der Waals surface area (Å²) in [5.74, 6) is 0. The maximum absolute atomic E-state index is 5.94. The molecule has 1 rings (SSSR count). The van der Waals surface area contributed by atoms with E-state index in [1.165, 1.54) is 0 Å². The largest absolute Gasteiger partial charge is 0.329 e. The van der Waals surface area contributed by atoms with Crippen molar-refractivity contribution in [2.75, 3.05) is 6.54 Å². The van der Waals surface area contributed by atoms with E-state index >= 15 is 0 Å². The summed E-state index contributed by atoms with van der Waals surface area (Å²) < 4.78 is 1.88. The van der Waals surface area contributed by atoms with Gasteiger partial charge in [-0.05, 0) is 6.42 Å². The van der Waals surface area contributed by atoms with E-state index in [9.17, 15) is 0 Å². The fraction of sp³-hybridized carbons (Fsp3) is 0.625. The Kier molecular flexibility index (Phi) is 3.56. The zero-order valence-corrected chi connectivity index (χ0v) is 8.01. The second-order valence-corrected chi connectivity index (χ2v) is 3.11. The van der Waals surface area contributed by atoms with Crippen LogP contribution < -0.4 is 5.73 Å². The average Bonchev–Trinajstić information content (AvgIpc) is 2.37. The molecule has 0 fully saturated rings. The van der Waals surface area contributed by atoms with Gasteiger partial charge >= 0.3 is 0 Å². The van der Waals surface area contributed by atoms with E-state index in [-0.39, 0.29) is 0 Å². The van der Waals surface area contributed by atoms with Crippen molar-refractivity contribution in [1.29, 1.82) is 0 Å². The lowest BCUT2D eigenvalue weighted by Gasteiger charge is -2.04. The second kappa shape index (κ2) is 4.48. The molecule has 0 aromatic carbocycles. The van der Waals surface area contributed by atoms with Crippen LogP contribution in [0.1, 0.15) is 19.0 Å². The zero-order valence-electron chi connectivity index (χ0n) is 7.26. The number of nitrogens with zero attached hydrogens (tertiary/aromatic N) is 2. The molecule has 1 aromatic heterocycles. The summed E-state index contributed by atoms with van der Waals surface area (Å²) in [5.41, 5.74) is 6.53. The van der Waals surface area contributed by atoms with Gasteiger partial charge in [-0.15, -0.1) is 0 Å². The average molecular weight is 188 g/mol. The van der Waals surface area contributed by atoms with Crippen LogP contribution >= 0.6 is 11.6 Å². The van der Waals surface area contributed by atoms with Gasteiger partial charge in [0, 0.05) is 6.54 Å². The highest BCUT2D eigenvalue weighted by Gasteiger charge is 2.06. The van der Waals surface area contributed by atoms with E-state index < -0.39 is 0 Å². The first-order valence-corrected chi connectivity index (χ1v) is 4.57. The van der Waals surface area contributed by atoms with Gasteiger partial charge in [-0.3, -0.25) is 4.68 Å². The molecule has 1 aromatic rings. The fourth-order valence-electron chi connectivity index (χ4n) is 1.19. The van der Waals surface area contributed by atoms with Gasteiger partial charge in [0.2, 0.25) is 0 Å². The first-order valence-electron chi connectivity index (χ1n) is 4.19. The summed E-state index contributed by atoms with van der Waals surface area (Å²) in [6.07, 6.45) is 3.73. The van der Waals surface area contributed by atoms with Crippen molar-refractivity contribution >= 4 is 11.6 Å². The van der Waals surface area contributed by atoms with Crippen molar-refractivity contribution in [1.82, 2.24) is 9.78 Å². The molecule has 0 radical (unpaired) electrons. The number of hydrogen-bond acceptors (Lipinski definition) is 2. The van der Waals surface area contributed by atoms with E-state index in [0.29, 0.717) is 6.54 Å². The third kappa shape index (κ3) is 1.99. The molecule has 0 aliphatic rings. The number of halogens is 1. The minimum absolute atomic E-state index is 0.606. The predicted octanol–water partition coefficient (Wildman–Crippen LogP) is 1.45. The molecule has 0 aliphatic heterocycles. The van der Waals surface area contributed by atoms with Crippen LogP contribution in [0.15, 0.2) is 6.20 Å². The van der Waals surface area contributed by atoms with E-state index in [1.807, 2.05) is 4.68 Å². The van der Waals surface area contributed by atoms with Gasteiger partial charge in [0.25, 0.3) is 0 Å².